The van der Waals surface area contributed by atoms with E-state index in [2.05, 4.69) is 13.8 Å². The van der Waals surface area contributed by atoms with Crippen molar-refractivity contribution in [1.29, 1.82) is 0 Å². The minimum absolute atomic E-state index is 0.0157. The Morgan fingerprint density at radius 2 is 2.21 bits per heavy atom. The summed E-state index contributed by atoms with van der Waals surface area (Å²) in [6.45, 7) is 4.38. The molecule has 0 spiro atoms. The lowest BCUT2D eigenvalue weighted by Crippen LogP contribution is -2.29. The van der Waals surface area contributed by atoms with E-state index in [4.69, 9.17) is 16.3 Å². The second-order valence-electron chi connectivity index (χ2n) is 3.24. The molecule has 3 unspecified atom stereocenters. The molecular formula is C9H15ClO2S2. The summed E-state index contributed by atoms with van der Waals surface area (Å²) in [5, 5.41) is 1.19. The van der Waals surface area contributed by atoms with E-state index < -0.39 is 0 Å². The average Bonchev–Trinajstić information content (AvgIpc) is 2.12. The third kappa shape index (κ3) is 3.91. The summed E-state index contributed by atoms with van der Waals surface area (Å²) < 4.78 is 5.27. The van der Waals surface area contributed by atoms with E-state index in [0.29, 0.717) is 22.8 Å². The Labute approximate surface area is 98.5 Å². The largest absolute Gasteiger partial charge is 0.450 e. The Kier molecular flexibility index (Phi) is 5.49. The zero-order valence-corrected chi connectivity index (χ0v) is 10.8. The van der Waals surface area contributed by atoms with Crippen molar-refractivity contribution >= 4 is 41.1 Å². The number of halogens is 1. The molecule has 14 heavy (non-hydrogen) atoms. The highest BCUT2D eigenvalue weighted by atomic mass is 35.5. The first-order valence-electron chi connectivity index (χ1n) is 4.66. The van der Waals surface area contributed by atoms with Crippen molar-refractivity contribution in [3.05, 3.63) is 0 Å². The fourth-order valence-electron chi connectivity index (χ4n) is 1.10. The van der Waals surface area contributed by atoms with Crippen molar-refractivity contribution in [2.45, 2.75) is 36.2 Å². The van der Waals surface area contributed by atoms with E-state index in [0.717, 1.165) is 5.75 Å². The van der Waals surface area contributed by atoms with E-state index in [1.165, 1.54) is 0 Å². The molecule has 1 aliphatic heterocycles. The fourth-order valence-corrected chi connectivity index (χ4v) is 3.89. The zero-order chi connectivity index (χ0) is 10.6. The highest BCUT2D eigenvalue weighted by Gasteiger charge is 2.27. The maximum absolute atomic E-state index is 11.2. The topological polar surface area (TPSA) is 26.3 Å². The van der Waals surface area contributed by atoms with Gasteiger partial charge in [0, 0.05) is 22.1 Å². The van der Waals surface area contributed by atoms with Gasteiger partial charge in [0.15, 0.2) is 5.44 Å². The van der Waals surface area contributed by atoms with Crippen molar-refractivity contribution in [1.82, 2.24) is 0 Å². The van der Waals surface area contributed by atoms with Crippen LogP contribution in [0.5, 0.6) is 0 Å². The van der Waals surface area contributed by atoms with Gasteiger partial charge >= 0.3 is 5.97 Å². The van der Waals surface area contributed by atoms with E-state index in [-0.39, 0.29) is 11.4 Å². The highest BCUT2D eigenvalue weighted by molar-refractivity contribution is 8.07. The second-order valence-corrected chi connectivity index (χ2v) is 6.57. The van der Waals surface area contributed by atoms with Crippen molar-refractivity contribution in [2.24, 2.45) is 0 Å². The summed E-state index contributed by atoms with van der Waals surface area (Å²) in [5.74, 6) is 1.05. The van der Waals surface area contributed by atoms with E-state index in [1.54, 1.807) is 11.8 Å². The monoisotopic (exact) mass is 254 g/mol. The first-order chi connectivity index (χ1) is 6.63. The maximum atomic E-state index is 11.2. The van der Waals surface area contributed by atoms with Gasteiger partial charge in [-0.25, -0.2) is 0 Å². The molecule has 0 aromatic rings. The first-order valence-corrected chi connectivity index (χ1v) is 7.18. The Bertz CT molecular complexity index is 201. The number of alkyl halides is 1. The molecule has 1 saturated heterocycles. The third-order valence-electron chi connectivity index (χ3n) is 2.08. The van der Waals surface area contributed by atoms with Crippen molar-refractivity contribution in [2.75, 3.05) is 11.6 Å². The molecule has 0 aliphatic carbocycles. The molecule has 0 bridgehead atoms. The normalized spacial score (nSPS) is 32.6. The van der Waals surface area contributed by atoms with Gasteiger partial charge in [0.05, 0.1) is 6.42 Å². The molecule has 5 heteroatoms. The van der Waals surface area contributed by atoms with Gasteiger partial charge in [0.2, 0.25) is 0 Å². The molecule has 0 saturated carbocycles. The third-order valence-corrected chi connectivity index (χ3v) is 5.49. The van der Waals surface area contributed by atoms with Crippen LogP contribution in [0.1, 0.15) is 20.3 Å². The molecular weight excluding hydrogens is 240 g/mol. The first kappa shape index (κ1) is 12.5. The minimum Gasteiger partial charge on any atom is -0.450 e. The molecule has 1 heterocycles. The smallest absolute Gasteiger partial charge is 0.308 e. The zero-order valence-electron chi connectivity index (χ0n) is 8.36. The van der Waals surface area contributed by atoms with E-state index in [1.807, 2.05) is 11.8 Å². The fraction of sp³-hybridized carbons (Fsp3) is 0.889. The van der Waals surface area contributed by atoms with Crippen LogP contribution in [0.2, 0.25) is 0 Å². The number of thioether (sulfide) groups is 2. The van der Waals surface area contributed by atoms with Crippen LogP contribution in [0, 0.1) is 0 Å². The Hall–Kier alpha value is 0.460. The van der Waals surface area contributed by atoms with Crippen molar-refractivity contribution in [3.63, 3.8) is 0 Å². The van der Waals surface area contributed by atoms with Gasteiger partial charge in [0.25, 0.3) is 0 Å². The number of esters is 1. The van der Waals surface area contributed by atoms with Crippen LogP contribution in [0.25, 0.3) is 0 Å². The summed E-state index contributed by atoms with van der Waals surface area (Å²) in [5.41, 5.74) is 0.0157. The lowest BCUT2D eigenvalue weighted by molar-refractivity contribution is -0.143. The van der Waals surface area contributed by atoms with Crippen LogP contribution in [-0.4, -0.2) is 33.5 Å². The molecule has 0 aromatic carbocycles. The summed E-state index contributed by atoms with van der Waals surface area (Å²) in [7, 11) is 0. The molecule has 2 nitrogen and oxygen atoms in total. The van der Waals surface area contributed by atoms with Gasteiger partial charge in [-0.15, -0.1) is 23.4 Å². The minimum atomic E-state index is -0.181. The predicted molar refractivity (Wildman–Crippen MR) is 64.2 cm³/mol. The van der Waals surface area contributed by atoms with Gasteiger partial charge in [-0.3, -0.25) is 4.79 Å². The van der Waals surface area contributed by atoms with Crippen LogP contribution < -0.4 is 0 Å². The molecule has 0 aromatic heterocycles. The molecule has 0 N–H and O–H groups in total. The van der Waals surface area contributed by atoms with Gasteiger partial charge in [-0.1, -0.05) is 13.8 Å². The van der Waals surface area contributed by atoms with Crippen LogP contribution >= 0.6 is 35.1 Å². The molecule has 0 radical (unpaired) electrons. The van der Waals surface area contributed by atoms with Crippen LogP contribution in [-0.2, 0) is 9.53 Å². The standard InChI is InChI=1S/C9H15ClO2S2/c1-6-7(2)14-9(5-13-6)12-8(11)3-4-10/h6-7,9H,3-5H2,1-2H3. The van der Waals surface area contributed by atoms with Crippen LogP contribution in [0.3, 0.4) is 0 Å². The lowest BCUT2D eigenvalue weighted by Gasteiger charge is -2.30. The quantitative estimate of drug-likeness (QED) is 0.572. The summed E-state index contributed by atoms with van der Waals surface area (Å²) in [4.78, 5) is 11.2. The molecule has 1 rings (SSSR count). The predicted octanol–water partition coefficient (Wildman–Crippen LogP) is 2.74. The maximum Gasteiger partial charge on any atom is 0.308 e. The number of hydrogen-bond donors (Lipinski definition) is 0. The Morgan fingerprint density at radius 1 is 1.50 bits per heavy atom. The van der Waals surface area contributed by atoms with E-state index >= 15 is 0 Å². The molecule has 3 atom stereocenters. The number of carbonyl (C=O) groups excluding carboxylic acids is 1. The average molecular weight is 255 g/mol. The number of rotatable bonds is 3. The molecule has 1 fully saturated rings. The highest BCUT2D eigenvalue weighted by Crippen LogP contribution is 2.36. The lowest BCUT2D eigenvalue weighted by atomic mass is 10.4. The molecule has 1 aliphatic rings. The van der Waals surface area contributed by atoms with Crippen molar-refractivity contribution < 1.29 is 9.53 Å². The molecule has 82 valence electrons. The van der Waals surface area contributed by atoms with Gasteiger partial charge < -0.3 is 4.74 Å². The van der Waals surface area contributed by atoms with Crippen LogP contribution in [0.15, 0.2) is 0 Å². The summed E-state index contributed by atoms with van der Waals surface area (Å²) in [6.07, 6.45) is 0.313. The van der Waals surface area contributed by atoms with E-state index in [9.17, 15) is 4.79 Å². The Morgan fingerprint density at radius 3 is 2.79 bits per heavy atom. The summed E-state index contributed by atoms with van der Waals surface area (Å²) >= 11 is 9.06. The number of carbonyl (C=O) groups is 1. The molecule has 0 amide bonds. The SMILES string of the molecule is CC1SCC(OC(=O)CCCl)SC1C. The van der Waals surface area contributed by atoms with Crippen molar-refractivity contribution in [3.8, 4) is 0 Å². The van der Waals surface area contributed by atoms with Gasteiger partial charge in [-0.2, -0.15) is 11.8 Å². The summed E-state index contributed by atoms with van der Waals surface area (Å²) in [6, 6.07) is 0. The number of hydrogen-bond acceptors (Lipinski definition) is 4. The number of ether oxygens (including phenoxy) is 1. The Balaban J connectivity index is 2.29. The second kappa shape index (κ2) is 6.13. The van der Waals surface area contributed by atoms with Gasteiger partial charge in [0.1, 0.15) is 0 Å². The van der Waals surface area contributed by atoms with Gasteiger partial charge in [-0.05, 0) is 0 Å². The van der Waals surface area contributed by atoms with Crippen LogP contribution in [0.4, 0.5) is 0 Å².